The lowest BCUT2D eigenvalue weighted by molar-refractivity contribution is -0.135. The average Bonchev–Trinajstić information content (AvgIpc) is 2.47. The highest BCUT2D eigenvalue weighted by Gasteiger charge is 2.22. The fourth-order valence-electron chi connectivity index (χ4n) is 2.24. The maximum Gasteiger partial charge on any atom is 0.243 e. The topological polar surface area (TPSA) is 67.4 Å². The van der Waals surface area contributed by atoms with Crippen molar-refractivity contribution in [3.05, 3.63) is 35.9 Å². The van der Waals surface area contributed by atoms with Gasteiger partial charge in [-0.1, -0.05) is 30.3 Å². The Balaban J connectivity index is 1.62. The lowest BCUT2D eigenvalue weighted by atomic mass is 9.94. The van der Waals surface area contributed by atoms with Crippen LogP contribution in [0.15, 0.2) is 30.3 Å². The Morgan fingerprint density at radius 2 is 2.15 bits per heavy atom. The number of hydroxylamine groups is 1. The second kappa shape index (κ2) is 7.65. The van der Waals surface area contributed by atoms with Crippen molar-refractivity contribution in [1.29, 1.82) is 0 Å². The second-order valence-corrected chi connectivity index (χ2v) is 4.97. The Morgan fingerprint density at radius 3 is 2.90 bits per heavy atom. The molecule has 0 saturated carbocycles. The highest BCUT2D eigenvalue weighted by atomic mass is 16.6. The first kappa shape index (κ1) is 14.5. The molecule has 5 heteroatoms. The minimum atomic E-state index is -0.181. The van der Waals surface area contributed by atoms with Crippen LogP contribution in [0, 0.1) is 5.92 Å². The smallest absolute Gasteiger partial charge is 0.243 e. The molecule has 1 aromatic rings. The monoisotopic (exact) mass is 276 g/mol. The van der Waals surface area contributed by atoms with Crippen LogP contribution in [0.3, 0.4) is 0 Å². The van der Waals surface area contributed by atoms with Crippen LogP contribution in [0.1, 0.15) is 31.2 Å². The van der Waals surface area contributed by atoms with Crippen LogP contribution in [0.4, 0.5) is 0 Å². The van der Waals surface area contributed by atoms with E-state index in [1.165, 1.54) is 0 Å². The zero-order valence-electron chi connectivity index (χ0n) is 11.4. The zero-order chi connectivity index (χ0) is 14.2. The highest BCUT2D eigenvalue weighted by Crippen LogP contribution is 2.16. The Kier molecular flexibility index (Phi) is 5.55. The molecule has 1 aromatic carbocycles. The predicted molar refractivity (Wildman–Crippen MR) is 74.3 cm³/mol. The summed E-state index contributed by atoms with van der Waals surface area (Å²) in [4.78, 5) is 28.3. The number of rotatable bonds is 6. The van der Waals surface area contributed by atoms with E-state index in [0.29, 0.717) is 19.4 Å². The summed E-state index contributed by atoms with van der Waals surface area (Å²) < 4.78 is 0. The van der Waals surface area contributed by atoms with Gasteiger partial charge >= 0.3 is 0 Å². The van der Waals surface area contributed by atoms with E-state index >= 15 is 0 Å². The van der Waals surface area contributed by atoms with Crippen molar-refractivity contribution >= 4 is 11.8 Å². The molecule has 2 rings (SSSR count). The Bertz CT molecular complexity index is 448. The minimum absolute atomic E-state index is 0.0383. The zero-order valence-corrected chi connectivity index (χ0v) is 11.4. The van der Waals surface area contributed by atoms with Gasteiger partial charge in [0.25, 0.3) is 0 Å². The summed E-state index contributed by atoms with van der Waals surface area (Å²) in [5, 5.41) is 2.82. The Labute approximate surface area is 118 Å². The highest BCUT2D eigenvalue weighted by molar-refractivity contribution is 5.80. The molecule has 1 aliphatic heterocycles. The number of hydrogen-bond donors (Lipinski definition) is 2. The van der Waals surface area contributed by atoms with E-state index in [-0.39, 0.29) is 17.7 Å². The number of benzene rings is 1. The molecule has 2 N–H and O–H groups in total. The van der Waals surface area contributed by atoms with Gasteiger partial charge in [-0.3, -0.25) is 14.4 Å². The summed E-state index contributed by atoms with van der Waals surface area (Å²) in [6.45, 7) is 1.10. The summed E-state index contributed by atoms with van der Waals surface area (Å²) in [5.74, 6) is -0.155. The van der Waals surface area contributed by atoms with E-state index in [2.05, 4.69) is 10.8 Å². The number of piperidine rings is 1. The van der Waals surface area contributed by atoms with Gasteiger partial charge in [0.2, 0.25) is 11.8 Å². The fourth-order valence-corrected chi connectivity index (χ4v) is 2.24. The molecule has 0 bridgehead atoms. The van der Waals surface area contributed by atoms with Crippen molar-refractivity contribution < 1.29 is 14.4 Å². The van der Waals surface area contributed by atoms with E-state index in [9.17, 15) is 9.59 Å². The quantitative estimate of drug-likeness (QED) is 0.774. The van der Waals surface area contributed by atoms with Crippen molar-refractivity contribution in [2.24, 2.45) is 5.92 Å². The van der Waals surface area contributed by atoms with Gasteiger partial charge in [0, 0.05) is 18.9 Å². The molecule has 1 unspecified atom stereocenters. The first-order valence-electron chi connectivity index (χ1n) is 6.98. The second-order valence-electron chi connectivity index (χ2n) is 4.97. The molecule has 2 amide bonds. The van der Waals surface area contributed by atoms with Gasteiger partial charge in [-0.25, -0.2) is 5.48 Å². The van der Waals surface area contributed by atoms with E-state index < -0.39 is 0 Å². The lowest BCUT2D eigenvalue weighted by Crippen LogP contribution is -2.37. The molecule has 0 aromatic heterocycles. The number of carbonyl (C=O) groups excluding carboxylic acids is 2. The molecule has 0 radical (unpaired) electrons. The summed E-state index contributed by atoms with van der Waals surface area (Å²) in [7, 11) is 0. The molecule has 1 fully saturated rings. The van der Waals surface area contributed by atoms with E-state index in [4.69, 9.17) is 4.84 Å². The standard InChI is InChI=1S/C15H20N2O3/c18-14(9-8-13-7-4-10-16-15(13)19)17-20-11-12-5-2-1-3-6-12/h1-3,5-6,13H,4,7-11H2,(H,16,19)(H,17,18). The van der Waals surface area contributed by atoms with Crippen molar-refractivity contribution in [2.75, 3.05) is 6.54 Å². The SMILES string of the molecule is O=C(CCC1CCCNC1=O)NOCc1ccccc1. The van der Waals surface area contributed by atoms with Crippen molar-refractivity contribution in [1.82, 2.24) is 10.8 Å². The number of hydrogen-bond acceptors (Lipinski definition) is 3. The summed E-state index contributed by atoms with van der Waals surface area (Å²) >= 11 is 0. The first-order valence-corrected chi connectivity index (χ1v) is 6.98. The molecule has 0 spiro atoms. The van der Waals surface area contributed by atoms with Gasteiger partial charge in [-0.2, -0.15) is 0 Å². The van der Waals surface area contributed by atoms with Crippen LogP contribution >= 0.6 is 0 Å². The van der Waals surface area contributed by atoms with Crippen LogP contribution in [0.25, 0.3) is 0 Å². The van der Waals surface area contributed by atoms with E-state index in [1.807, 2.05) is 30.3 Å². The summed E-state index contributed by atoms with van der Waals surface area (Å²) in [6, 6.07) is 9.62. The largest absolute Gasteiger partial charge is 0.356 e. The van der Waals surface area contributed by atoms with Crippen molar-refractivity contribution in [2.45, 2.75) is 32.3 Å². The predicted octanol–water partition coefficient (Wildman–Crippen LogP) is 1.54. The third kappa shape index (κ3) is 4.66. The number of carbonyl (C=O) groups is 2. The third-order valence-electron chi connectivity index (χ3n) is 3.39. The molecule has 1 saturated heterocycles. The molecule has 5 nitrogen and oxygen atoms in total. The van der Waals surface area contributed by atoms with Gasteiger partial charge in [-0.05, 0) is 24.8 Å². The molecule has 1 heterocycles. The maximum atomic E-state index is 11.6. The molecule has 0 aliphatic carbocycles. The van der Waals surface area contributed by atoms with Crippen molar-refractivity contribution in [3.63, 3.8) is 0 Å². The van der Waals surface area contributed by atoms with E-state index in [1.54, 1.807) is 0 Å². The van der Waals surface area contributed by atoms with Crippen LogP contribution in [-0.4, -0.2) is 18.4 Å². The Hall–Kier alpha value is -1.88. The minimum Gasteiger partial charge on any atom is -0.356 e. The van der Waals surface area contributed by atoms with Crippen LogP contribution in [-0.2, 0) is 21.0 Å². The molecule has 108 valence electrons. The Morgan fingerprint density at radius 1 is 1.35 bits per heavy atom. The van der Waals surface area contributed by atoms with Gasteiger partial charge in [0.05, 0.1) is 6.61 Å². The van der Waals surface area contributed by atoms with Gasteiger partial charge in [-0.15, -0.1) is 0 Å². The first-order chi connectivity index (χ1) is 9.75. The molecular formula is C15H20N2O3. The molecular weight excluding hydrogens is 256 g/mol. The normalized spacial score (nSPS) is 18.4. The molecule has 1 aliphatic rings. The lowest BCUT2D eigenvalue weighted by Gasteiger charge is -2.21. The van der Waals surface area contributed by atoms with Gasteiger partial charge in [0.1, 0.15) is 0 Å². The van der Waals surface area contributed by atoms with E-state index in [0.717, 1.165) is 24.9 Å². The van der Waals surface area contributed by atoms with Crippen LogP contribution in [0.5, 0.6) is 0 Å². The molecule has 20 heavy (non-hydrogen) atoms. The third-order valence-corrected chi connectivity index (χ3v) is 3.39. The average molecular weight is 276 g/mol. The summed E-state index contributed by atoms with van der Waals surface area (Å²) in [5.41, 5.74) is 3.41. The molecule has 1 atom stereocenters. The van der Waals surface area contributed by atoms with Gasteiger partial charge < -0.3 is 5.32 Å². The number of amides is 2. The number of nitrogens with one attached hydrogen (secondary N) is 2. The van der Waals surface area contributed by atoms with Gasteiger partial charge in [0.15, 0.2) is 0 Å². The fraction of sp³-hybridized carbons (Fsp3) is 0.467. The summed E-state index contributed by atoms with van der Waals surface area (Å²) in [6.07, 6.45) is 2.74. The van der Waals surface area contributed by atoms with Crippen LogP contribution < -0.4 is 10.8 Å². The van der Waals surface area contributed by atoms with Crippen molar-refractivity contribution in [3.8, 4) is 0 Å². The van der Waals surface area contributed by atoms with Crippen LogP contribution in [0.2, 0.25) is 0 Å². The maximum absolute atomic E-state index is 11.6.